The lowest BCUT2D eigenvalue weighted by Crippen LogP contribution is -2.54. The van der Waals surface area contributed by atoms with Gasteiger partial charge in [0.15, 0.2) is 12.4 Å². The van der Waals surface area contributed by atoms with Crippen molar-refractivity contribution in [2.75, 3.05) is 13.2 Å². The molecule has 22 heavy (non-hydrogen) atoms. The third-order valence-electron chi connectivity index (χ3n) is 2.73. The molecular formula is C14H22O8. The predicted molar refractivity (Wildman–Crippen MR) is 72.6 cm³/mol. The SMILES string of the molecule is [2H]C1[C@H](OCC)O[C@H](COC(C)=O)[C@@H](OC(C)=O)[C@@H]1OC(C)=O. The normalized spacial score (nSPS) is 31.8. The Morgan fingerprint density at radius 1 is 1.14 bits per heavy atom. The summed E-state index contributed by atoms with van der Waals surface area (Å²) in [5.41, 5.74) is 0. The summed E-state index contributed by atoms with van der Waals surface area (Å²) in [5, 5.41) is 0. The Bertz CT molecular complexity index is 440. The Morgan fingerprint density at radius 2 is 1.77 bits per heavy atom. The van der Waals surface area contributed by atoms with Crippen molar-refractivity contribution >= 4 is 17.9 Å². The van der Waals surface area contributed by atoms with Gasteiger partial charge in [-0.05, 0) is 6.92 Å². The predicted octanol–water partition coefficient (Wildman–Crippen LogP) is 0.564. The number of hydrogen-bond donors (Lipinski definition) is 0. The van der Waals surface area contributed by atoms with E-state index in [0.29, 0.717) is 0 Å². The van der Waals surface area contributed by atoms with E-state index >= 15 is 0 Å². The van der Waals surface area contributed by atoms with E-state index in [1.165, 1.54) is 20.8 Å². The Kier molecular flexibility index (Phi) is 6.60. The topological polar surface area (TPSA) is 97.4 Å². The van der Waals surface area contributed by atoms with Crippen LogP contribution in [0, 0.1) is 0 Å². The zero-order chi connectivity index (χ0) is 17.6. The van der Waals surface area contributed by atoms with Crippen LogP contribution in [0.25, 0.3) is 0 Å². The fraction of sp³-hybridized carbons (Fsp3) is 0.786. The van der Waals surface area contributed by atoms with Crippen molar-refractivity contribution in [1.82, 2.24) is 0 Å². The molecule has 8 nitrogen and oxygen atoms in total. The molecule has 1 aliphatic heterocycles. The van der Waals surface area contributed by atoms with Crippen molar-refractivity contribution in [3.05, 3.63) is 0 Å². The molecule has 0 saturated carbocycles. The maximum atomic E-state index is 11.3. The Labute approximate surface area is 130 Å². The summed E-state index contributed by atoms with van der Waals surface area (Å²) < 4.78 is 34.2. The zero-order valence-corrected chi connectivity index (χ0v) is 13.1. The quantitative estimate of drug-likeness (QED) is 0.517. The van der Waals surface area contributed by atoms with Crippen molar-refractivity contribution in [3.63, 3.8) is 0 Å². The minimum atomic E-state index is -1.11. The maximum Gasteiger partial charge on any atom is 0.303 e. The van der Waals surface area contributed by atoms with Gasteiger partial charge in [0, 0.05) is 35.1 Å². The fourth-order valence-electron chi connectivity index (χ4n) is 2.00. The molecule has 1 saturated heterocycles. The Morgan fingerprint density at radius 3 is 2.27 bits per heavy atom. The van der Waals surface area contributed by atoms with Gasteiger partial charge in [-0.15, -0.1) is 0 Å². The first-order valence-electron chi connectivity index (χ1n) is 7.51. The molecule has 0 aromatic rings. The van der Waals surface area contributed by atoms with Gasteiger partial charge in [-0.3, -0.25) is 14.4 Å². The molecule has 1 rings (SSSR count). The van der Waals surface area contributed by atoms with Gasteiger partial charge in [-0.1, -0.05) is 0 Å². The van der Waals surface area contributed by atoms with E-state index in [2.05, 4.69) is 0 Å². The lowest BCUT2D eigenvalue weighted by molar-refractivity contribution is -0.265. The molecule has 1 heterocycles. The molecular weight excluding hydrogens is 296 g/mol. The van der Waals surface area contributed by atoms with Crippen molar-refractivity contribution in [2.45, 2.75) is 58.7 Å². The van der Waals surface area contributed by atoms with Crippen molar-refractivity contribution in [1.29, 1.82) is 0 Å². The number of esters is 3. The molecule has 0 radical (unpaired) electrons. The van der Waals surface area contributed by atoms with Gasteiger partial charge < -0.3 is 23.7 Å². The molecule has 126 valence electrons. The molecule has 0 aliphatic carbocycles. The second-order valence-electron chi connectivity index (χ2n) is 4.64. The van der Waals surface area contributed by atoms with Gasteiger partial charge >= 0.3 is 17.9 Å². The summed E-state index contributed by atoms with van der Waals surface area (Å²) in [6.45, 7) is 5.36. The van der Waals surface area contributed by atoms with Crippen LogP contribution in [0.1, 0.15) is 35.5 Å². The molecule has 1 fully saturated rings. The van der Waals surface area contributed by atoms with Crippen LogP contribution in [-0.2, 0) is 38.1 Å². The molecule has 1 unspecified atom stereocenters. The van der Waals surface area contributed by atoms with Gasteiger partial charge in [0.2, 0.25) is 0 Å². The number of hydrogen-bond acceptors (Lipinski definition) is 8. The molecule has 5 atom stereocenters. The average Bonchev–Trinajstić information content (AvgIpc) is 2.43. The second kappa shape index (κ2) is 8.70. The summed E-state index contributed by atoms with van der Waals surface area (Å²) in [4.78, 5) is 33.6. The van der Waals surface area contributed by atoms with E-state index in [4.69, 9.17) is 25.1 Å². The number of carbonyl (C=O) groups is 3. The van der Waals surface area contributed by atoms with Crippen molar-refractivity contribution in [2.24, 2.45) is 0 Å². The fourth-order valence-corrected chi connectivity index (χ4v) is 2.00. The summed E-state index contributed by atoms with van der Waals surface area (Å²) >= 11 is 0. The highest BCUT2D eigenvalue weighted by molar-refractivity contribution is 5.67. The number of ether oxygens (including phenoxy) is 5. The van der Waals surface area contributed by atoms with E-state index in [9.17, 15) is 14.4 Å². The van der Waals surface area contributed by atoms with Gasteiger partial charge in [0.25, 0.3) is 0 Å². The van der Waals surface area contributed by atoms with Gasteiger partial charge in [0.05, 0.1) is 0 Å². The summed E-state index contributed by atoms with van der Waals surface area (Å²) in [7, 11) is 0. The third-order valence-corrected chi connectivity index (χ3v) is 2.73. The second-order valence-corrected chi connectivity index (χ2v) is 4.64. The van der Waals surface area contributed by atoms with E-state index in [-0.39, 0.29) is 13.2 Å². The van der Waals surface area contributed by atoms with Crippen LogP contribution in [0.15, 0.2) is 0 Å². The number of rotatable bonds is 6. The van der Waals surface area contributed by atoms with Crippen molar-refractivity contribution in [3.8, 4) is 0 Å². The average molecular weight is 319 g/mol. The third kappa shape index (κ3) is 5.98. The van der Waals surface area contributed by atoms with Crippen LogP contribution in [-0.4, -0.2) is 55.7 Å². The molecule has 8 heteroatoms. The minimum absolute atomic E-state index is 0.221. The van der Waals surface area contributed by atoms with Gasteiger partial charge in [-0.2, -0.15) is 0 Å². The van der Waals surface area contributed by atoms with Crippen LogP contribution in [0.3, 0.4) is 0 Å². The summed E-state index contributed by atoms with van der Waals surface area (Å²) in [6, 6.07) is 0. The standard InChI is InChI=1S/C14H22O8/c1-5-18-13-6-11(20-9(3)16)14(21-10(4)17)12(22-13)7-19-8(2)15/h11-14H,5-7H2,1-4H3/t11-,12-,13-,14+/m1/s1/i6D/t6?,11-,12-,13-,14+. The largest absolute Gasteiger partial charge is 0.463 e. The number of carbonyl (C=O) groups excluding carboxylic acids is 3. The molecule has 0 N–H and O–H groups in total. The lowest BCUT2D eigenvalue weighted by atomic mass is 10.0. The van der Waals surface area contributed by atoms with Crippen LogP contribution in [0.2, 0.25) is 0 Å². The van der Waals surface area contributed by atoms with Crippen molar-refractivity contribution < 1.29 is 39.4 Å². The molecule has 0 bridgehead atoms. The van der Waals surface area contributed by atoms with Gasteiger partial charge in [0.1, 0.15) is 18.8 Å². The molecule has 0 aromatic heterocycles. The first kappa shape index (κ1) is 16.7. The van der Waals surface area contributed by atoms with E-state index in [1.807, 2.05) is 0 Å². The summed E-state index contributed by atoms with van der Waals surface area (Å²) in [5.74, 6) is -1.81. The summed E-state index contributed by atoms with van der Waals surface area (Å²) in [6.07, 6.45) is -5.20. The molecule has 1 aliphatic rings. The maximum absolute atomic E-state index is 11.3. The van der Waals surface area contributed by atoms with Crippen LogP contribution in [0.5, 0.6) is 0 Å². The monoisotopic (exact) mass is 319 g/mol. The Balaban J connectivity index is 3.02. The van der Waals surface area contributed by atoms with Crippen LogP contribution in [0.4, 0.5) is 0 Å². The first-order valence-corrected chi connectivity index (χ1v) is 6.93. The van der Waals surface area contributed by atoms with Crippen LogP contribution >= 0.6 is 0 Å². The highest BCUT2D eigenvalue weighted by Gasteiger charge is 2.43. The van der Waals surface area contributed by atoms with E-state index in [1.54, 1.807) is 6.92 Å². The zero-order valence-electron chi connectivity index (χ0n) is 14.1. The molecule has 0 aromatic carbocycles. The highest BCUT2D eigenvalue weighted by Crippen LogP contribution is 2.26. The van der Waals surface area contributed by atoms with E-state index < -0.39 is 48.9 Å². The van der Waals surface area contributed by atoms with Gasteiger partial charge in [-0.25, -0.2) is 0 Å². The minimum Gasteiger partial charge on any atom is -0.463 e. The highest BCUT2D eigenvalue weighted by atomic mass is 16.7. The molecule has 0 spiro atoms. The first-order chi connectivity index (χ1) is 10.8. The Hall–Kier alpha value is -1.67. The molecule has 0 amide bonds. The lowest BCUT2D eigenvalue weighted by Gasteiger charge is -2.39. The van der Waals surface area contributed by atoms with E-state index in [0.717, 1.165) is 0 Å². The van der Waals surface area contributed by atoms with Crippen LogP contribution < -0.4 is 0 Å². The smallest absolute Gasteiger partial charge is 0.303 e.